The highest BCUT2D eigenvalue weighted by atomic mass is 32.2. The first kappa shape index (κ1) is 20.3. The third kappa shape index (κ3) is 3.90. The summed E-state index contributed by atoms with van der Waals surface area (Å²) in [6.07, 6.45) is 4.21. The molecule has 2 aliphatic rings. The normalized spacial score (nSPS) is 18.2. The van der Waals surface area contributed by atoms with Crippen molar-refractivity contribution in [2.45, 2.75) is 48.4 Å². The highest BCUT2D eigenvalue weighted by molar-refractivity contribution is 7.91. The van der Waals surface area contributed by atoms with E-state index in [1.165, 1.54) is 6.42 Å². The molecule has 0 unspecified atom stereocenters. The Morgan fingerprint density at radius 2 is 1.66 bits per heavy atom. The van der Waals surface area contributed by atoms with Gasteiger partial charge in [-0.25, -0.2) is 17.2 Å². The number of piperidine rings is 1. The molecule has 4 nitrogen and oxygen atoms in total. The number of hydrogen-bond donors (Lipinski definition) is 0. The van der Waals surface area contributed by atoms with E-state index in [2.05, 4.69) is 16.7 Å². The summed E-state index contributed by atoms with van der Waals surface area (Å²) in [6, 6.07) is 8.33. The summed E-state index contributed by atoms with van der Waals surface area (Å²) < 4.78 is 52.4. The van der Waals surface area contributed by atoms with Gasteiger partial charge in [-0.15, -0.1) is 0 Å². The molecule has 0 amide bonds. The molecule has 0 aliphatic carbocycles. The fourth-order valence-corrected chi connectivity index (χ4v) is 5.82. The summed E-state index contributed by atoms with van der Waals surface area (Å²) in [5.41, 5.74) is 2.10. The van der Waals surface area contributed by atoms with Crippen molar-refractivity contribution in [1.29, 1.82) is 0 Å². The highest BCUT2D eigenvalue weighted by Crippen LogP contribution is 2.35. The molecular formula is C22H26F2N2O2S. The molecule has 1 saturated heterocycles. The minimum absolute atomic E-state index is 0.127. The largest absolute Gasteiger partial charge is 0.368 e. The zero-order valence-electron chi connectivity index (χ0n) is 16.6. The van der Waals surface area contributed by atoms with Gasteiger partial charge in [0.2, 0.25) is 9.84 Å². The fourth-order valence-electron chi connectivity index (χ4n) is 4.50. The fraction of sp³-hybridized carbons (Fsp3) is 0.455. The lowest BCUT2D eigenvalue weighted by Gasteiger charge is -2.38. The Balaban J connectivity index is 1.55. The summed E-state index contributed by atoms with van der Waals surface area (Å²) in [5.74, 6) is -2.22. The number of halogens is 2. The summed E-state index contributed by atoms with van der Waals surface area (Å²) in [6.45, 7) is 6.45. The van der Waals surface area contributed by atoms with Gasteiger partial charge in [0.1, 0.15) is 0 Å². The number of nitrogens with zero attached hydrogens (tertiary/aromatic N) is 2. The van der Waals surface area contributed by atoms with Crippen molar-refractivity contribution >= 4 is 15.5 Å². The molecule has 2 aliphatic heterocycles. The van der Waals surface area contributed by atoms with Crippen molar-refractivity contribution in [2.24, 2.45) is 0 Å². The van der Waals surface area contributed by atoms with Gasteiger partial charge in [0.15, 0.2) is 11.6 Å². The van der Waals surface area contributed by atoms with Crippen LogP contribution in [0.5, 0.6) is 0 Å². The number of likely N-dealkylation sites (tertiary alicyclic amines) is 1. The van der Waals surface area contributed by atoms with Crippen LogP contribution in [0, 0.1) is 11.6 Å². The van der Waals surface area contributed by atoms with Crippen LogP contribution in [-0.4, -0.2) is 45.5 Å². The predicted molar refractivity (Wildman–Crippen MR) is 109 cm³/mol. The van der Waals surface area contributed by atoms with E-state index < -0.39 is 21.5 Å². The van der Waals surface area contributed by atoms with Crippen LogP contribution in [0.25, 0.3) is 0 Å². The quantitative estimate of drug-likeness (QED) is 0.685. The molecule has 0 radical (unpaired) electrons. The second-order valence-electron chi connectivity index (χ2n) is 7.89. The summed E-state index contributed by atoms with van der Waals surface area (Å²) in [7, 11) is -3.89. The summed E-state index contributed by atoms with van der Waals surface area (Å²) in [5, 5.41) is 0. The molecule has 1 fully saturated rings. The Hall–Kier alpha value is -1.99. The number of hydrogen-bond acceptors (Lipinski definition) is 4. The van der Waals surface area contributed by atoms with Crippen molar-refractivity contribution < 1.29 is 17.2 Å². The van der Waals surface area contributed by atoms with Crippen LogP contribution in [-0.2, 0) is 16.3 Å². The number of fused-ring (bicyclic) bond motifs is 1. The maximum Gasteiger partial charge on any atom is 0.206 e. The molecule has 0 aromatic heterocycles. The van der Waals surface area contributed by atoms with E-state index in [0.29, 0.717) is 6.04 Å². The topological polar surface area (TPSA) is 40.6 Å². The second kappa shape index (κ2) is 8.03. The van der Waals surface area contributed by atoms with Gasteiger partial charge in [0, 0.05) is 31.4 Å². The lowest BCUT2D eigenvalue weighted by Crippen LogP contribution is -2.44. The van der Waals surface area contributed by atoms with E-state index >= 15 is 0 Å². The Labute approximate surface area is 171 Å². The van der Waals surface area contributed by atoms with Crippen molar-refractivity contribution in [3.63, 3.8) is 0 Å². The highest BCUT2D eigenvalue weighted by Gasteiger charge is 2.30. The second-order valence-corrected chi connectivity index (χ2v) is 9.84. The third-order valence-corrected chi connectivity index (χ3v) is 7.78. The van der Waals surface area contributed by atoms with Crippen LogP contribution in [0.15, 0.2) is 46.2 Å². The van der Waals surface area contributed by atoms with Crippen molar-refractivity contribution in [1.82, 2.24) is 4.90 Å². The molecule has 29 heavy (non-hydrogen) atoms. The predicted octanol–water partition coefficient (Wildman–Crippen LogP) is 4.03. The Morgan fingerprint density at radius 1 is 0.966 bits per heavy atom. The zero-order chi connectivity index (χ0) is 20.6. The van der Waals surface area contributed by atoms with Crippen LogP contribution >= 0.6 is 0 Å². The molecule has 2 aromatic carbocycles. The first-order valence-electron chi connectivity index (χ1n) is 10.2. The van der Waals surface area contributed by atoms with Gasteiger partial charge < -0.3 is 9.80 Å². The molecule has 0 atom stereocenters. The number of benzene rings is 2. The van der Waals surface area contributed by atoms with Crippen LogP contribution in [0.1, 0.15) is 31.7 Å². The first-order chi connectivity index (χ1) is 13.9. The molecule has 0 saturated carbocycles. The number of rotatable bonds is 5. The lowest BCUT2D eigenvalue weighted by molar-refractivity contribution is 0.210. The van der Waals surface area contributed by atoms with Crippen molar-refractivity contribution in [3.8, 4) is 0 Å². The van der Waals surface area contributed by atoms with Crippen LogP contribution in [0.2, 0.25) is 0 Å². The van der Waals surface area contributed by atoms with Crippen LogP contribution in [0.4, 0.5) is 14.5 Å². The SMILES string of the molecule is CCCN1CCC(N2CCc3cc(S(=O)(=O)c4ccc(F)c(F)c4)ccc32)CC1. The van der Waals surface area contributed by atoms with Gasteiger partial charge >= 0.3 is 0 Å². The molecule has 0 N–H and O–H groups in total. The lowest BCUT2D eigenvalue weighted by atomic mass is 10.0. The number of sulfone groups is 1. The zero-order valence-corrected chi connectivity index (χ0v) is 17.4. The number of anilines is 1. The van der Waals surface area contributed by atoms with Gasteiger partial charge in [0.05, 0.1) is 9.79 Å². The monoisotopic (exact) mass is 420 g/mol. The van der Waals surface area contributed by atoms with Crippen LogP contribution in [0.3, 0.4) is 0 Å². The molecule has 156 valence electrons. The summed E-state index contributed by atoms with van der Waals surface area (Å²) >= 11 is 0. The standard InChI is InChI=1S/C22H26F2N2O2S/c1-2-10-25-11-8-17(9-12-25)26-13-7-16-14-18(4-6-22(16)26)29(27,28)19-3-5-20(23)21(24)15-19/h3-6,14-15,17H,2,7-13H2,1H3. The first-order valence-corrected chi connectivity index (χ1v) is 11.7. The maximum atomic E-state index is 13.5. The summed E-state index contributed by atoms with van der Waals surface area (Å²) in [4.78, 5) is 4.81. The third-order valence-electron chi connectivity index (χ3n) is 6.03. The van der Waals surface area contributed by atoms with Crippen molar-refractivity contribution in [2.75, 3.05) is 31.1 Å². The smallest absolute Gasteiger partial charge is 0.206 e. The molecule has 0 bridgehead atoms. The van der Waals surface area contributed by atoms with Crippen LogP contribution < -0.4 is 4.90 Å². The molecular weight excluding hydrogens is 394 g/mol. The van der Waals surface area contributed by atoms with E-state index in [4.69, 9.17) is 0 Å². The van der Waals surface area contributed by atoms with E-state index in [0.717, 1.165) is 74.9 Å². The molecule has 2 heterocycles. The molecule has 4 rings (SSSR count). The van der Waals surface area contributed by atoms with E-state index in [9.17, 15) is 17.2 Å². The Morgan fingerprint density at radius 3 is 2.34 bits per heavy atom. The van der Waals surface area contributed by atoms with E-state index in [1.807, 2.05) is 6.07 Å². The minimum atomic E-state index is -3.89. The van der Waals surface area contributed by atoms with Crippen molar-refractivity contribution in [3.05, 3.63) is 53.6 Å². The molecule has 7 heteroatoms. The minimum Gasteiger partial charge on any atom is -0.368 e. The molecule has 0 spiro atoms. The van der Waals surface area contributed by atoms with E-state index in [-0.39, 0.29) is 9.79 Å². The van der Waals surface area contributed by atoms with Gasteiger partial charge in [-0.1, -0.05) is 6.92 Å². The molecule has 2 aromatic rings. The van der Waals surface area contributed by atoms with Gasteiger partial charge in [-0.3, -0.25) is 0 Å². The maximum absolute atomic E-state index is 13.5. The Bertz CT molecular complexity index is 1000. The van der Waals surface area contributed by atoms with Gasteiger partial charge in [-0.2, -0.15) is 0 Å². The average molecular weight is 421 g/mol. The average Bonchev–Trinajstić information content (AvgIpc) is 3.14. The Kier molecular flexibility index (Phi) is 5.62. The van der Waals surface area contributed by atoms with E-state index in [1.54, 1.807) is 12.1 Å². The van der Waals surface area contributed by atoms with Gasteiger partial charge in [0.25, 0.3) is 0 Å². The van der Waals surface area contributed by atoms with Gasteiger partial charge in [-0.05, 0) is 74.2 Å².